The molecular formula is C14H15N. The Kier molecular flexibility index (Phi) is 1.98. The molecule has 1 aromatic heterocycles. The van der Waals surface area contributed by atoms with Crippen molar-refractivity contribution in [1.82, 2.24) is 4.98 Å². The van der Waals surface area contributed by atoms with Crippen LogP contribution in [0.5, 0.6) is 0 Å². The van der Waals surface area contributed by atoms with Crippen LogP contribution in [0.3, 0.4) is 0 Å². The van der Waals surface area contributed by atoms with E-state index in [-0.39, 0.29) is 0 Å². The predicted octanol–water partition coefficient (Wildman–Crippen LogP) is 3.67. The van der Waals surface area contributed by atoms with Crippen LogP contribution in [0.25, 0.3) is 10.9 Å². The van der Waals surface area contributed by atoms with E-state index in [1.54, 1.807) is 0 Å². The number of rotatable bonds is 1. The summed E-state index contributed by atoms with van der Waals surface area (Å²) in [5.74, 6) is 0.747. The molecule has 0 radical (unpaired) electrons. The largest absolute Gasteiger partial charge is 0.253 e. The minimum absolute atomic E-state index is 0.747. The van der Waals surface area contributed by atoms with Gasteiger partial charge >= 0.3 is 0 Å². The topological polar surface area (TPSA) is 12.9 Å². The normalized spacial score (nSPS) is 19.4. The standard InChI is InChI=1S/C14H15N/c1-2-10-7-8-14-12(10)9-11-5-3-4-6-13(11)15-14/h3-6,9-10H,2,7-8H2,1H3. The van der Waals surface area contributed by atoms with Gasteiger partial charge in [0.15, 0.2) is 0 Å². The first-order chi connectivity index (χ1) is 7.38. The molecule has 0 amide bonds. The number of hydrogen-bond acceptors (Lipinski definition) is 1. The van der Waals surface area contributed by atoms with Gasteiger partial charge in [-0.15, -0.1) is 0 Å². The average molecular weight is 197 g/mol. The maximum Gasteiger partial charge on any atom is 0.0705 e. The molecule has 0 saturated carbocycles. The molecule has 0 spiro atoms. The van der Waals surface area contributed by atoms with Gasteiger partial charge in [-0.3, -0.25) is 4.98 Å². The van der Waals surface area contributed by atoms with E-state index >= 15 is 0 Å². The van der Waals surface area contributed by atoms with Crippen LogP contribution in [0.2, 0.25) is 0 Å². The van der Waals surface area contributed by atoms with E-state index in [1.165, 1.54) is 35.9 Å². The molecule has 1 aliphatic rings. The molecule has 1 aromatic carbocycles. The first kappa shape index (κ1) is 8.90. The summed E-state index contributed by atoms with van der Waals surface area (Å²) >= 11 is 0. The molecule has 0 bridgehead atoms. The highest BCUT2D eigenvalue weighted by Gasteiger charge is 2.22. The molecule has 1 atom stereocenters. The maximum atomic E-state index is 4.75. The van der Waals surface area contributed by atoms with Crippen molar-refractivity contribution in [3.63, 3.8) is 0 Å². The molecule has 1 nitrogen and oxygen atoms in total. The molecule has 0 saturated heterocycles. The molecule has 1 aliphatic carbocycles. The van der Waals surface area contributed by atoms with Crippen molar-refractivity contribution in [2.75, 3.05) is 0 Å². The second kappa shape index (κ2) is 3.34. The van der Waals surface area contributed by atoms with Gasteiger partial charge in [0.1, 0.15) is 0 Å². The van der Waals surface area contributed by atoms with Crippen LogP contribution in [0.15, 0.2) is 30.3 Å². The number of benzene rings is 1. The third-order valence-electron chi connectivity index (χ3n) is 3.50. The summed E-state index contributed by atoms with van der Waals surface area (Å²) in [5.41, 5.74) is 3.98. The van der Waals surface area contributed by atoms with Gasteiger partial charge in [-0.2, -0.15) is 0 Å². The Balaban J connectivity index is 2.23. The predicted molar refractivity (Wildman–Crippen MR) is 63.1 cm³/mol. The van der Waals surface area contributed by atoms with Gasteiger partial charge in [-0.1, -0.05) is 25.1 Å². The van der Waals surface area contributed by atoms with Crippen molar-refractivity contribution in [1.29, 1.82) is 0 Å². The second-order valence-electron chi connectivity index (χ2n) is 4.36. The highest BCUT2D eigenvalue weighted by Crippen LogP contribution is 2.35. The van der Waals surface area contributed by atoms with E-state index in [9.17, 15) is 0 Å². The molecule has 0 aliphatic heterocycles. The fourth-order valence-corrected chi connectivity index (χ4v) is 2.62. The highest BCUT2D eigenvalue weighted by molar-refractivity contribution is 5.79. The van der Waals surface area contributed by atoms with E-state index in [0.717, 1.165) is 11.4 Å². The molecular weight excluding hydrogens is 182 g/mol. The van der Waals surface area contributed by atoms with Crippen LogP contribution in [-0.2, 0) is 6.42 Å². The van der Waals surface area contributed by atoms with E-state index in [1.807, 2.05) is 0 Å². The molecule has 2 aromatic rings. The number of para-hydroxylation sites is 1. The number of hydrogen-bond donors (Lipinski definition) is 0. The Morgan fingerprint density at radius 3 is 3.07 bits per heavy atom. The van der Waals surface area contributed by atoms with Crippen molar-refractivity contribution in [2.45, 2.75) is 32.1 Å². The van der Waals surface area contributed by atoms with Crippen molar-refractivity contribution in [3.05, 3.63) is 41.6 Å². The Labute approximate surface area is 90.2 Å². The second-order valence-corrected chi connectivity index (χ2v) is 4.36. The fraction of sp³-hybridized carbons (Fsp3) is 0.357. The third-order valence-corrected chi connectivity index (χ3v) is 3.50. The van der Waals surface area contributed by atoms with Crippen LogP contribution < -0.4 is 0 Å². The number of nitrogens with zero attached hydrogens (tertiary/aromatic N) is 1. The zero-order valence-electron chi connectivity index (χ0n) is 9.03. The molecule has 1 unspecified atom stereocenters. The molecule has 15 heavy (non-hydrogen) atoms. The Hall–Kier alpha value is -1.37. The van der Waals surface area contributed by atoms with Crippen LogP contribution in [0.4, 0.5) is 0 Å². The quantitative estimate of drug-likeness (QED) is 0.679. The number of aromatic nitrogens is 1. The van der Waals surface area contributed by atoms with Gasteiger partial charge < -0.3 is 0 Å². The first-order valence-corrected chi connectivity index (χ1v) is 5.77. The maximum absolute atomic E-state index is 4.75. The smallest absolute Gasteiger partial charge is 0.0705 e. The summed E-state index contributed by atoms with van der Waals surface area (Å²) in [6.07, 6.45) is 3.70. The Morgan fingerprint density at radius 1 is 1.33 bits per heavy atom. The number of fused-ring (bicyclic) bond motifs is 2. The van der Waals surface area contributed by atoms with E-state index < -0.39 is 0 Å². The molecule has 1 heterocycles. The lowest BCUT2D eigenvalue weighted by Crippen LogP contribution is -1.93. The SMILES string of the molecule is CCC1CCc2nc3ccccc3cc21. The molecule has 0 fully saturated rings. The number of pyridine rings is 1. The minimum Gasteiger partial charge on any atom is -0.253 e. The summed E-state index contributed by atoms with van der Waals surface area (Å²) in [6, 6.07) is 10.8. The lowest BCUT2D eigenvalue weighted by atomic mass is 9.99. The minimum atomic E-state index is 0.747. The van der Waals surface area contributed by atoms with Gasteiger partial charge in [0, 0.05) is 11.1 Å². The molecule has 0 N–H and O–H groups in total. The summed E-state index contributed by atoms with van der Waals surface area (Å²) in [5, 5.41) is 1.29. The third kappa shape index (κ3) is 1.34. The van der Waals surface area contributed by atoms with Crippen LogP contribution in [0, 0.1) is 0 Å². The van der Waals surface area contributed by atoms with E-state index in [4.69, 9.17) is 4.98 Å². The summed E-state index contributed by atoms with van der Waals surface area (Å²) in [4.78, 5) is 4.75. The monoisotopic (exact) mass is 197 g/mol. The molecule has 76 valence electrons. The van der Waals surface area contributed by atoms with Gasteiger partial charge in [0.25, 0.3) is 0 Å². The summed E-state index contributed by atoms with van der Waals surface area (Å²) < 4.78 is 0. The molecule has 3 rings (SSSR count). The Bertz CT molecular complexity index is 502. The first-order valence-electron chi connectivity index (χ1n) is 5.77. The Morgan fingerprint density at radius 2 is 2.20 bits per heavy atom. The highest BCUT2D eigenvalue weighted by atomic mass is 14.7. The van der Waals surface area contributed by atoms with Crippen molar-refractivity contribution >= 4 is 10.9 Å². The van der Waals surface area contributed by atoms with Crippen molar-refractivity contribution < 1.29 is 0 Å². The number of aryl methyl sites for hydroxylation is 1. The van der Waals surface area contributed by atoms with E-state index in [2.05, 4.69) is 37.3 Å². The molecule has 1 heteroatoms. The fourth-order valence-electron chi connectivity index (χ4n) is 2.62. The van der Waals surface area contributed by atoms with Crippen molar-refractivity contribution in [3.8, 4) is 0 Å². The average Bonchev–Trinajstić information content (AvgIpc) is 2.68. The zero-order valence-corrected chi connectivity index (χ0v) is 9.03. The summed E-state index contributed by atoms with van der Waals surface area (Å²) in [6.45, 7) is 2.27. The van der Waals surface area contributed by atoms with Gasteiger partial charge in [-0.05, 0) is 42.9 Å². The van der Waals surface area contributed by atoms with Gasteiger partial charge in [0.2, 0.25) is 0 Å². The van der Waals surface area contributed by atoms with E-state index in [0.29, 0.717) is 0 Å². The zero-order chi connectivity index (χ0) is 10.3. The van der Waals surface area contributed by atoms with Crippen LogP contribution in [0.1, 0.15) is 36.9 Å². The van der Waals surface area contributed by atoms with Crippen LogP contribution in [-0.4, -0.2) is 4.98 Å². The van der Waals surface area contributed by atoms with Crippen LogP contribution >= 0.6 is 0 Å². The van der Waals surface area contributed by atoms with Gasteiger partial charge in [-0.25, -0.2) is 0 Å². The van der Waals surface area contributed by atoms with Crippen molar-refractivity contribution in [2.24, 2.45) is 0 Å². The summed E-state index contributed by atoms with van der Waals surface area (Å²) in [7, 11) is 0. The lowest BCUT2D eigenvalue weighted by molar-refractivity contribution is 0.656. The van der Waals surface area contributed by atoms with Gasteiger partial charge in [0.05, 0.1) is 5.52 Å². The lowest BCUT2D eigenvalue weighted by Gasteiger charge is -2.08.